The fourth-order valence-electron chi connectivity index (χ4n) is 2.67. The zero-order valence-corrected chi connectivity index (χ0v) is 12.2. The number of amides is 1. The molecule has 0 saturated carbocycles. The second kappa shape index (κ2) is 5.57. The summed E-state index contributed by atoms with van der Waals surface area (Å²) in [5.74, 6) is 0.477. The van der Waals surface area contributed by atoms with Gasteiger partial charge in [0.15, 0.2) is 5.82 Å². The monoisotopic (exact) mass is 306 g/mol. The number of aromatic nitrogens is 3. The van der Waals surface area contributed by atoms with Crippen molar-refractivity contribution in [1.29, 1.82) is 0 Å². The highest BCUT2D eigenvalue weighted by Gasteiger charge is 2.37. The molecule has 1 amide bonds. The van der Waals surface area contributed by atoms with Crippen LogP contribution in [0.1, 0.15) is 11.6 Å². The Hall–Kier alpha value is -3.15. The summed E-state index contributed by atoms with van der Waals surface area (Å²) in [5.41, 5.74) is 1.89. The molecule has 6 heteroatoms. The highest BCUT2D eigenvalue weighted by Crippen LogP contribution is 2.31. The molecule has 0 radical (unpaired) electrons. The fourth-order valence-corrected chi connectivity index (χ4v) is 2.67. The summed E-state index contributed by atoms with van der Waals surface area (Å²) in [6.45, 7) is 0.307. The summed E-state index contributed by atoms with van der Waals surface area (Å²) in [6.07, 6.45) is 1.33. The minimum absolute atomic E-state index is 0.190. The Morgan fingerprint density at radius 2 is 1.70 bits per heavy atom. The average molecular weight is 306 g/mol. The van der Waals surface area contributed by atoms with Gasteiger partial charge in [0.25, 0.3) is 0 Å². The van der Waals surface area contributed by atoms with E-state index in [1.807, 2.05) is 60.7 Å². The lowest BCUT2D eigenvalue weighted by atomic mass is 10.1. The van der Waals surface area contributed by atoms with Gasteiger partial charge in [0, 0.05) is 0 Å². The van der Waals surface area contributed by atoms with E-state index in [-0.39, 0.29) is 6.04 Å². The van der Waals surface area contributed by atoms with Crippen molar-refractivity contribution in [2.75, 3.05) is 11.5 Å². The largest absolute Gasteiger partial charge is 0.447 e. The van der Waals surface area contributed by atoms with Gasteiger partial charge in [0.2, 0.25) is 0 Å². The first-order valence-corrected chi connectivity index (χ1v) is 7.31. The molecule has 0 aliphatic carbocycles. The predicted molar refractivity (Wildman–Crippen MR) is 84.4 cm³/mol. The van der Waals surface area contributed by atoms with Crippen molar-refractivity contribution in [3.63, 3.8) is 0 Å². The van der Waals surface area contributed by atoms with Crippen molar-refractivity contribution in [1.82, 2.24) is 15.0 Å². The number of cyclic esters (lactones) is 1. The Morgan fingerprint density at radius 1 is 1.00 bits per heavy atom. The van der Waals surface area contributed by atoms with E-state index in [0.717, 1.165) is 11.3 Å². The zero-order valence-electron chi connectivity index (χ0n) is 12.2. The van der Waals surface area contributed by atoms with Gasteiger partial charge in [0.05, 0.1) is 11.9 Å². The van der Waals surface area contributed by atoms with Crippen LogP contribution >= 0.6 is 0 Å². The molecule has 23 heavy (non-hydrogen) atoms. The van der Waals surface area contributed by atoms with E-state index in [0.29, 0.717) is 12.4 Å². The van der Waals surface area contributed by atoms with Crippen molar-refractivity contribution in [2.45, 2.75) is 6.04 Å². The summed E-state index contributed by atoms with van der Waals surface area (Å²) in [4.78, 5) is 13.7. The van der Waals surface area contributed by atoms with E-state index in [9.17, 15) is 4.79 Å². The van der Waals surface area contributed by atoms with E-state index in [2.05, 4.69) is 10.3 Å². The minimum atomic E-state index is -0.404. The topological polar surface area (TPSA) is 60.2 Å². The molecule has 2 heterocycles. The van der Waals surface area contributed by atoms with E-state index in [1.165, 1.54) is 0 Å². The molecule has 0 N–H and O–H groups in total. The molecule has 4 rings (SSSR count). The molecule has 2 aromatic carbocycles. The van der Waals surface area contributed by atoms with Crippen molar-refractivity contribution in [3.8, 4) is 5.69 Å². The summed E-state index contributed by atoms with van der Waals surface area (Å²) in [6, 6.07) is 19.2. The molecule has 6 nitrogen and oxygen atoms in total. The number of nitrogens with zero attached hydrogens (tertiary/aromatic N) is 4. The van der Waals surface area contributed by atoms with E-state index in [1.54, 1.807) is 15.8 Å². The Kier molecular flexibility index (Phi) is 3.27. The molecular formula is C17H14N4O2. The average Bonchev–Trinajstić information content (AvgIpc) is 3.23. The van der Waals surface area contributed by atoms with Crippen molar-refractivity contribution in [3.05, 3.63) is 72.4 Å². The van der Waals surface area contributed by atoms with Crippen LogP contribution in [0, 0.1) is 0 Å². The van der Waals surface area contributed by atoms with Crippen molar-refractivity contribution < 1.29 is 9.53 Å². The molecule has 114 valence electrons. The zero-order chi connectivity index (χ0) is 15.6. The second-order valence-corrected chi connectivity index (χ2v) is 5.23. The lowest BCUT2D eigenvalue weighted by Gasteiger charge is -2.18. The number of para-hydroxylation sites is 1. The number of carbonyl (C=O) groups excluding carboxylic acids is 1. The lowest BCUT2D eigenvalue weighted by Crippen LogP contribution is -2.27. The molecule has 1 atom stereocenters. The van der Waals surface area contributed by atoms with E-state index >= 15 is 0 Å². The first-order valence-electron chi connectivity index (χ1n) is 7.31. The van der Waals surface area contributed by atoms with Crippen LogP contribution in [0.15, 0.2) is 66.9 Å². The van der Waals surface area contributed by atoms with Gasteiger partial charge in [-0.1, -0.05) is 53.7 Å². The van der Waals surface area contributed by atoms with E-state index in [4.69, 9.17) is 4.74 Å². The highest BCUT2D eigenvalue weighted by atomic mass is 16.6. The molecule has 1 fully saturated rings. The van der Waals surface area contributed by atoms with Crippen LogP contribution in [0.3, 0.4) is 0 Å². The lowest BCUT2D eigenvalue weighted by molar-refractivity contribution is 0.179. The third-order valence-electron chi connectivity index (χ3n) is 3.81. The number of ether oxygens (including phenoxy) is 1. The number of hydrogen-bond donors (Lipinski definition) is 0. The van der Waals surface area contributed by atoms with Gasteiger partial charge < -0.3 is 4.74 Å². The second-order valence-electron chi connectivity index (χ2n) is 5.23. The summed E-state index contributed by atoms with van der Waals surface area (Å²) >= 11 is 0. The summed E-state index contributed by atoms with van der Waals surface area (Å²) in [7, 11) is 0. The fraction of sp³-hybridized carbons (Fsp3) is 0.118. The molecule has 1 aliphatic rings. The van der Waals surface area contributed by atoms with Crippen LogP contribution in [-0.2, 0) is 4.74 Å². The van der Waals surface area contributed by atoms with Crippen LogP contribution in [0.5, 0.6) is 0 Å². The Bertz CT molecular complexity index is 817. The quantitative estimate of drug-likeness (QED) is 0.746. The van der Waals surface area contributed by atoms with Gasteiger partial charge in [-0.15, -0.1) is 5.10 Å². The third kappa shape index (κ3) is 2.44. The molecule has 0 spiro atoms. The minimum Gasteiger partial charge on any atom is -0.447 e. The maximum absolute atomic E-state index is 12.1. The maximum atomic E-state index is 12.1. The summed E-state index contributed by atoms with van der Waals surface area (Å²) in [5, 5.41) is 8.25. The van der Waals surface area contributed by atoms with E-state index < -0.39 is 6.09 Å². The predicted octanol–water partition coefficient (Wildman–Crippen LogP) is 2.97. The maximum Gasteiger partial charge on any atom is 0.416 e. The molecule has 3 aromatic rings. The Labute approximate surface area is 132 Å². The molecular weight excluding hydrogens is 292 g/mol. The van der Waals surface area contributed by atoms with Crippen LogP contribution in [0.4, 0.5) is 10.6 Å². The molecule has 0 unspecified atom stereocenters. The smallest absolute Gasteiger partial charge is 0.416 e. The standard InChI is InChI=1S/C17H14N4O2/c22-17-21(15(12-23-17)13-7-3-1-4-8-13)16-11-20(19-18-16)14-9-5-2-6-10-14/h1-11,15H,12H2/t15-/m0/s1. The number of carbonyl (C=O) groups is 1. The van der Waals surface area contributed by atoms with Gasteiger partial charge in [-0.05, 0) is 17.7 Å². The first kappa shape index (κ1) is 13.5. The first-order chi connectivity index (χ1) is 11.3. The Balaban J connectivity index is 1.68. The van der Waals surface area contributed by atoms with Crippen molar-refractivity contribution in [2.24, 2.45) is 0 Å². The number of rotatable bonds is 3. The summed E-state index contributed by atoms with van der Waals surface area (Å²) < 4.78 is 6.85. The molecule has 1 saturated heterocycles. The van der Waals surface area contributed by atoms with Crippen LogP contribution in [0.25, 0.3) is 5.69 Å². The van der Waals surface area contributed by atoms with Gasteiger partial charge in [-0.3, -0.25) is 0 Å². The SMILES string of the molecule is O=C1OC[C@@H](c2ccccc2)N1c1cn(-c2ccccc2)nn1. The highest BCUT2D eigenvalue weighted by molar-refractivity contribution is 5.89. The van der Waals surface area contributed by atoms with Crippen LogP contribution in [0.2, 0.25) is 0 Å². The molecule has 1 aromatic heterocycles. The van der Waals surface area contributed by atoms with Gasteiger partial charge >= 0.3 is 6.09 Å². The normalized spacial score (nSPS) is 17.3. The van der Waals surface area contributed by atoms with Crippen molar-refractivity contribution >= 4 is 11.9 Å². The van der Waals surface area contributed by atoms with Gasteiger partial charge in [-0.25, -0.2) is 14.4 Å². The number of benzene rings is 2. The third-order valence-corrected chi connectivity index (χ3v) is 3.81. The molecule has 1 aliphatic heterocycles. The molecule has 0 bridgehead atoms. The van der Waals surface area contributed by atoms with Gasteiger partial charge in [0.1, 0.15) is 12.6 Å². The van der Waals surface area contributed by atoms with Gasteiger partial charge in [-0.2, -0.15) is 0 Å². The van der Waals surface area contributed by atoms with Crippen LogP contribution < -0.4 is 4.90 Å². The van der Waals surface area contributed by atoms with Crippen LogP contribution in [-0.4, -0.2) is 27.7 Å². The Morgan fingerprint density at radius 3 is 2.43 bits per heavy atom. The number of hydrogen-bond acceptors (Lipinski definition) is 4. The number of anilines is 1.